The third-order valence-corrected chi connectivity index (χ3v) is 2.10. The number of hydrogen-bond acceptors (Lipinski definition) is 6. The molecule has 0 fully saturated rings. The molecule has 0 amide bonds. The van der Waals surface area contributed by atoms with Crippen LogP contribution >= 0.6 is 27.5 Å². The molecule has 18 heavy (non-hydrogen) atoms. The molecule has 0 unspecified atom stereocenters. The lowest BCUT2D eigenvalue weighted by molar-refractivity contribution is -0.386. The van der Waals surface area contributed by atoms with Crippen LogP contribution in [0.15, 0.2) is 22.1 Å². The molecule has 0 radical (unpaired) electrons. The van der Waals surface area contributed by atoms with Gasteiger partial charge in [0.2, 0.25) is 0 Å². The molecule has 0 spiro atoms. The molecule has 1 aromatic rings. The minimum atomic E-state index is -0.534. The van der Waals surface area contributed by atoms with Crippen molar-refractivity contribution in [1.82, 2.24) is 4.98 Å². The Hall–Kier alpha value is -1.28. The number of rotatable bonds is 2. The third kappa shape index (κ3) is 7.13. The SMILES string of the molecule is CC(C)(C)ON=O.O=[N+]([O-])c1ccc(Cl)nc1Br. The number of pyridine rings is 1. The van der Waals surface area contributed by atoms with Crippen LogP contribution in [0.25, 0.3) is 0 Å². The summed E-state index contributed by atoms with van der Waals surface area (Å²) in [4.78, 5) is 27.0. The van der Waals surface area contributed by atoms with E-state index in [4.69, 9.17) is 11.6 Å². The Labute approximate surface area is 117 Å². The number of nitrogens with zero attached hydrogens (tertiary/aromatic N) is 3. The third-order valence-electron chi connectivity index (χ3n) is 1.30. The minimum absolute atomic E-state index is 0.0885. The lowest BCUT2D eigenvalue weighted by Gasteiger charge is -2.11. The quantitative estimate of drug-likeness (QED) is 0.352. The summed E-state index contributed by atoms with van der Waals surface area (Å²) >= 11 is 8.37. The Balaban J connectivity index is 0.000000360. The van der Waals surface area contributed by atoms with Crippen LogP contribution in [0.5, 0.6) is 0 Å². The maximum Gasteiger partial charge on any atom is 0.302 e. The largest absolute Gasteiger partial charge is 0.358 e. The highest BCUT2D eigenvalue weighted by Gasteiger charge is 2.12. The molecule has 0 saturated heterocycles. The Bertz CT molecular complexity index is 436. The topological polar surface area (TPSA) is 94.7 Å². The fourth-order valence-corrected chi connectivity index (χ4v) is 1.37. The predicted molar refractivity (Wildman–Crippen MR) is 70.2 cm³/mol. The fourth-order valence-electron chi connectivity index (χ4n) is 0.653. The van der Waals surface area contributed by atoms with E-state index in [-0.39, 0.29) is 15.4 Å². The summed E-state index contributed by atoms with van der Waals surface area (Å²) in [7, 11) is 0. The van der Waals surface area contributed by atoms with Gasteiger partial charge in [-0.1, -0.05) is 11.6 Å². The second-order valence-corrected chi connectivity index (χ2v) is 5.12. The second kappa shape index (κ2) is 7.22. The highest BCUT2D eigenvalue weighted by Crippen LogP contribution is 2.23. The first kappa shape index (κ1) is 16.7. The minimum Gasteiger partial charge on any atom is -0.358 e. The number of hydrogen-bond donors (Lipinski definition) is 0. The Kier molecular flexibility index (Phi) is 6.71. The van der Waals surface area contributed by atoms with Crippen LogP contribution in [0.2, 0.25) is 5.15 Å². The molecule has 1 aromatic heterocycles. The average Bonchev–Trinajstić information content (AvgIpc) is 2.15. The zero-order valence-electron chi connectivity index (χ0n) is 9.89. The van der Waals surface area contributed by atoms with Gasteiger partial charge in [0.25, 0.3) is 0 Å². The molecule has 0 saturated carbocycles. The molecule has 0 bridgehead atoms. The second-order valence-electron chi connectivity index (χ2n) is 3.98. The van der Waals surface area contributed by atoms with Crippen molar-refractivity contribution in [3.63, 3.8) is 0 Å². The molecule has 0 aliphatic heterocycles. The van der Waals surface area contributed by atoms with Gasteiger partial charge >= 0.3 is 5.69 Å². The molecular formula is C9H11BrClN3O4. The molecular weight excluding hydrogens is 329 g/mol. The van der Waals surface area contributed by atoms with Crippen LogP contribution in [0.3, 0.4) is 0 Å². The van der Waals surface area contributed by atoms with Gasteiger partial charge in [0.15, 0.2) is 9.94 Å². The monoisotopic (exact) mass is 339 g/mol. The first-order valence-corrected chi connectivity index (χ1v) is 5.81. The van der Waals surface area contributed by atoms with E-state index in [0.717, 1.165) is 0 Å². The molecule has 1 heterocycles. The van der Waals surface area contributed by atoms with E-state index in [1.54, 1.807) is 20.8 Å². The molecule has 0 aromatic carbocycles. The van der Waals surface area contributed by atoms with E-state index >= 15 is 0 Å². The number of nitro groups is 1. The van der Waals surface area contributed by atoms with Gasteiger partial charge in [-0.3, -0.25) is 10.1 Å². The summed E-state index contributed by atoms with van der Waals surface area (Å²) in [5, 5.41) is 12.7. The van der Waals surface area contributed by atoms with Crippen molar-refractivity contribution < 1.29 is 9.76 Å². The fraction of sp³-hybridized carbons (Fsp3) is 0.444. The Morgan fingerprint density at radius 2 is 2.06 bits per heavy atom. The van der Waals surface area contributed by atoms with Gasteiger partial charge in [0.1, 0.15) is 10.8 Å². The highest BCUT2D eigenvalue weighted by molar-refractivity contribution is 9.10. The van der Waals surface area contributed by atoms with Crippen LogP contribution < -0.4 is 0 Å². The molecule has 0 aliphatic rings. The molecule has 9 heteroatoms. The van der Waals surface area contributed by atoms with Gasteiger partial charge in [-0.2, -0.15) is 0 Å². The van der Waals surface area contributed by atoms with Gasteiger partial charge in [-0.05, 0) is 42.8 Å². The van der Waals surface area contributed by atoms with Crippen LogP contribution in [0.4, 0.5) is 5.69 Å². The standard InChI is InChI=1S/C5H2BrClN2O2.C4H9NO2/c6-5-3(9(10)11)1-2-4(7)8-5;1-4(2,3)7-5-6/h1-2H;1-3H3. The lowest BCUT2D eigenvalue weighted by atomic mass is 10.2. The average molecular weight is 341 g/mol. The zero-order chi connectivity index (χ0) is 14.3. The van der Waals surface area contributed by atoms with E-state index in [2.05, 4.69) is 31.1 Å². The Morgan fingerprint density at radius 1 is 1.50 bits per heavy atom. The van der Waals surface area contributed by atoms with Crippen molar-refractivity contribution in [2.45, 2.75) is 26.4 Å². The molecule has 0 aliphatic carbocycles. The molecule has 100 valence electrons. The van der Waals surface area contributed by atoms with Gasteiger partial charge < -0.3 is 4.84 Å². The first-order chi connectivity index (χ1) is 8.17. The van der Waals surface area contributed by atoms with Crippen molar-refractivity contribution in [3.8, 4) is 0 Å². The summed E-state index contributed by atoms with van der Waals surface area (Å²) in [6.45, 7) is 5.28. The normalized spacial score (nSPS) is 10.1. The Morgan fingerprint density at radius 3 is 2.33 bits per heavy atom. The van der Waals surface area contributed by atoms with E-state index in [9.17, 15) is 15.0 Å². The maximum atomic E-state index is 10.2. The van der Waals surface area contributed by atoms with E-state index < -0.39 is 10.5 Å². The van der Waals surface area contributed by atoms with E-state index in [0.29, 0.717) is 0 Å². The zero-order valence-corrected chi connectivity index (χ0v) is 12.2. The number of halogens is 2. The molecule has 7 nitrogen and oxygen atoms in total. The highest BCUT2D eigenvalue weighted by atomic mass is 79.9. The van der Waals surface area contributed by atoms with E-state index in [1.165, 1.54) is 12.1 Å². The van der Waals surface area contributed by atoms with Gasteiger partial charge in [-0.15, -0.1) is 4.91 Å². The van der Waals surface area contributed by atoms with Crippen molar-refractivity contribution in [3.05, 3.63) is 36.9 Å². The van der Waals surface area contributed by atoms with Crippen LogP contribution in [0, 0.1) is 15.0 Å². The van der Waals surface area contributed by atoms with E-state index in [1.807, 2.05) is 0 Å². The summed E-state index contributed by atoms with van der Waals surface area (Å²) < 4.78 is 0.148. The van der Waals surface area contributed by atoms with Gasteiger partial charge in [0.05, 0.1) is 4.92 Å². The smallest absolute Gasteiger partial charge is 0.302 e. The molecule has 1 rings (SSSR count). The predicted octanol–water partition coefficient (Wildman–Crippen LogP) is 3.89. The van der Waals surface area contributed by atoms with Crippen molar-refractivity contribution >= 4 is 33.2 Å². The van der Waals surface area contributed by atoms with Crippen molar-refractivity contribution in [2.24, 2.45) is 5.34 Å². The van der Waals surface area contributed by atoms with Crippen LogP contribution in [0.1, 0.15) is 20.8 Å². The number of aromatic nitrogens is 1. The lowest BCUT2D eigenvalue weighted by Crippen LogP contribution is -2.14. The van der Waals surface area contributed by atoms with Gasteiger partial charge in [-0.25, -0.2) is 4.98 Å². The summed E-state index contributed by atoms with van der Waals surface area (Å²) in [6.07, 6.45) is 0. The van der Waals surface area contributed by atoms with Crippen LogP contribution in [-0.4, -0.2) is 15.5 Å². The van der Waals surface area contributed by atoms with Gasteiger partial charge in [0, 0.05) is 6.07 Å². The molecule has 0 N–H and O–H groups in total. The van der Waals surface area contributed by atoms with Crippen molar-refractivity contribution in [1.29, 1.82) is 0 Å². The van der Waals surface area contributed by atoms with Crippen molar-refractivity contribution in [2.75, 3.05) is 0 Å². The van der Waals surface area contributed by atoms with Crippen LogP contribution in [-0.2, 0) is 4.84 Å². The summed E-state index contributed by atoms with van der Waals surface area (Å²) in [5.74, 6) is 0. The summed E-state index contributed by atoms with van der Waals surface area (Å²) in [6, 6.07) is 2.66. The maximum absolute atomic E-state index is 10.2. The molecule has 0 atom stereocenters. The summed E-state index contributed by atoms with van der Waals surface area (Å²) in [5.41, 5.74) is -0.517. The first-order valence-electron chi connectivity index (χ1n) is 4.64.